The Hall–Kier alpha value is -0.400. The number of hydrogen-bond donors (Lipinski definition) is 3. The summed E-state index contributed by atoms with van der Waals surface area (Å²) in [5.74, 6) is -0.0677. The van der Waals surface area contributed by atoms with E-state index in [-0.39, 0.29) is 42.8 Å². The lowest BCUT2D eigenvalue weighted by Gasteiger charge is -2.15. The lowest BCUT2D eigenvalue weighted by molar-refractivity contribution is -0.123. The van der Waals surface area contributed by atoms with Gasteiger partial charge in [-0.15, -0.1) is 36.2 Å². The molecule has 1 aliphatic heterocycles. The maximum absolute atomic E-state index is 11.9. The van der Waals surface area contributed by atoms with Crippen molar-refractivity contribution in [1.82, 2.24) is 15.6 Å². The number of amides is 1. The highest BCUT2D eigenvalue weighted by Crippen LogP contribution is 2.19. The Kier molecular flexibility index (Phi) is 7.85. The fourth-order valence-electron chi connectivity index (χ4n) is 1.86. The number of halogens is 2. The summed E-state index contributed by atoms with van der Waals surface area (Å²) in [7, 11) is 0. The van der Waals surface area contributed by atoms with Crippen molar-refractivity contribution in [1.29, 1.82) is 0 Å². The van der Waals surface area contributed by atoms with Crippen LogP contribution in [0.4, 0.5) is 0 Å². The quantitative estimate of drug-likeness (QED) is 0.779. The van der Waals surface area contributed by atoms with Crippen LogP contribution in [0.1, 0.15) is 29.3 Å². The molecule has 0 spiro atoms. The largest absolute Gasteiger partial charge is 0.392 e. The molecule has 2 rings (SSSR count). The van der Waals surface area contributed by atoms with Gasteiger partial charge in [0.25, 0.3) is 0 Å². The Morgan fingerprint density at radius 1 is 1.63 bits per heavy atom. The van der Waals surface area contributed by atoms with Gasteiger partial charge < -0.3 is 15.7 Å². The number of nitrogens with zero attached hydrogens (tertiary/aromatic N) is 1. The van der Waals surface area contributed by atoms with Crippen molar-refractivity contribution in [3.05, 3.63) is 16.1 Å². The van der Waals surface area contributed by atoms with Gasteiger partial charge >= 0.3 is 0 Å². The average molecular weight is 328 g/mol. The van der Waals surface area contributed by atoms with Crippen LogP contribution in [-0.2, 0) is 4.79 Å². The Labute approximate surface area is 129 Å². The van der Waals surface area contributed by atoms with Crippen LogP contribution in [0.2, 0.25) is 0 Å². The third-order valence-corrected chi connectivity index (χ3v) is 3.89. The number of aromatic nitrogens is 1. The number of β-amino-alcohol motifs (C(OH)–C–C–N with tert-alkyl or cyclic N) is 1. The second-order valence-electron chi connectivity index (χ2n) is 4.39. The highest BCUT2D eigenvalue weighted by Gasteiger charge is 2.29. The first kappa shape index (κ1) is 18.6. The molecule has 1 amide bonds. The zero-order valence-corrected chi connectivity index (χ0v) is 13.2. The van der Waals surface area contributed by atoms with Gasteiger partial charge in [-0.25, -0.2) is 4.98 Å². The third-order valence-electron chi connectivity index (χ3n) is 2.79. The molecule has 0 aromatic carbocycles. The van der Waals surface area contributed by atoms with Crippen LogP contribution in [0, 0.1) is 6.92 Å². The second kappa shape index (κ2) is 8.01. The molecule has 8 heteroatoms. The summed E-state index contributed by atoms with van der Waals surface area (Å²) < 4.78 is 0. The number of aliphatic hydroxyl groups excluding tert-OH is 1. The van der Waals surface area contributed by atoms with E-state index in [1.807, 2.05) is 13.8 Å². The van der Waals surface area contributed by atoms with E-state index in [4.69, 9.17) is 0 Å². The van der Waals surface area contributed by atoms with E-state index in [9.17, 15) is 9.90 Å². The number of nitrogens with one attached hydrogen (secondary N) is 2. The van der Waals surface area contributed by atoms with Gasteiger partial charge in [-0.2, -0.15) is 0 Å². The molecule has 0 aliphatic carbocycles. The van der Waals surface area contributed by atoms with E-state index < -0.39 is 6.10 Å². The lowest BCUT2D eigenvalue weighted by atomic mass is 10.2. The fraction of sp³-hybridized carbons (Fsp3) is 0.636. The number of carbonyl (C=O) groups excluding carboxylic acids is 1. The van der Waals surface area contributed by atoms with Crippen LogP contribution in [0.15, 0.2) is 6.20 Å². The van der Waals surface area contributed by atoms with E-state index in [1.54, 1.807) is 17.5 Å². The van der Waals surface area contributed by atoms with Crippen molar-refractivity contribution >= 4 is 42.1 Å². The van der Waals surface area contributed by atoms with Crippen LogP contribution in [-0.4, -0.2) is 34.7 Å². The molecule has 1 aliphatic rings. The molecule has 5 nitrogen and oxygen atoms in total. The molecule has 3 N–H and O–H groups in total. The third kappa shape index (κ3) is 4.89. The van der Waals surface area contributed by atoms with Gasteiger partial charge in [0.2, 0.25) is 5.91 Å². The summed E-state index contributed by atoms with van der Waals surface area (Å²) in [6, 6.07) is -0.366. The normalized spacial score (nSPS) is 23.1. The second-order valence-corrected chi connectivity index (χ2v) is 5.66. The molecule has 3 atom stereocenters. The van der Waals surface area contributed by atoms with Gasteiger partial charge in [0, 0.05) is 17.6 Å². The van der Waals surface area contributed by atoms with Crippen LogP contribution < -0.4 is 10.6 Å². The first-order valence-corrected chi connectivity index (χ1v) is 6.52. The molecule has 110 valence electrons. The molecule has 1 saturated heterocycles. The van der Waals surface area contributed by atoms with Gasteiger partial charge in [-0.1, -0.05) is 0 Å². The minimum atomic E-state index is -0.414. The molecular formula is C11H19Cl2N3O2S. The van der Waals surface area contributed by atoms with Crippen molar-refractivity contribution < 1.29 is 9.90 Å². The summed E-state index contributed by atoms with van der Waals surface area (Å²) in [6.07, 6.45) is 1.87. The Morgan fingerprint density at radius 3 is 2.79 bits per heavy atom. The molecule has 2 heterocycles. The van der Waals surface area contributed by atoms with Crippen LogP contribution in [0.25, 0.3) is 0 Å². The number of aliphatic hydroxyl groups is 1. The first-order valence-electron chi connectivity index (χ1n) is 5.70. The van der Waals surface area contributed by atoms with E-state index in [2.05, 4.69) is 15.6 Å². The first-order chi connectivity index (χ1) is 8.06. The van der Waals surface area contributed by atoms with Crippen LogP contribution in [0.3, 0.4) is 0 Å². The fourth-order valence-corrected chi connectivity index (χ4v) is 2.64. The van der Waals surface area contributed by atoms with Crippen LogP contribution in [0.5, 0.6) is 0 Å². The van der Waals surface area contributed by atoms with Crippen molar-refractivity contribution in [2.75, 3.05) is 6.54 Å². The van der Waals surface area contributed by atoms with Gasteiger partial charge in [0.1, 0.15) is 5.01 Å². The molecular weight excluding hydrogens is 309 g/mol. The molecule has 0 bridgehead atoms. The molecule has 3 unspecified atom stereocenters. The minimum Gasteiger partial charge on any atom is -0.392 e. The van der Waals surface area contributed by atoms with Gasteiger partial charge in [0.05, 0.1) is 18.2 Å². The molecule has 1 fully saturated rings. The Bertz CT molecular complexity index is 416. The molecule has 1 aromatic rings. The molecule has 1 aromatic heterocycles. The van der Waals surface area contributed by atoms with E-state index in [1.165, 1.54) is 0 Å². The number of thiazole rings is 1. The number of aryl methyl sites for hydroxylation is 1. The highest BCUT2D eigenvalue weighted by molar-refractivity contribution is 7.11. The van der Waals surface area contributed by atoms with Gasteiger partial charge in [0.15, 0.2) is 0 Å². The summed E-state index contributed by atoms with van der Waals surface area (Å²) >= 11 is 1.59. The van der Waals surface area contributed by atoms with Crippen LogP contribution >= 0.6 is 36.2 Å². The number of carbonyl (C=O) groups is 1. The summed E-state index contributed by atoms with van der Waals surface area (Å²) in [5, 5.41) is 16.2. The minimum absolute atomic E-state index is 0. The molecule has 0 radical (unpaired) electrons. The predicted molar refractivity (Wildman–Crippen MR) is 80.3 cm³/mol. The van der Waals surface area contributed by atoms with E-state index in [0.717, 1.165) is 9.88 Å². The summed E-state index contributed by atoms with van der Waals surface area (Å²) in [6.45, 7) is 4.40. The summed E-state index contributed by atoms with van der Waals surface area (Å²) in [5.41, 5.74) is 0. The molecule has 0 saturated carbocycles. The van der Waals surface area contributed by atoms with E-state index >= 15 is 0 Å². The van der Waals surface area contributed by atoms with Gasteiger partial charge in [-0.05, 0) is 20.3 Å². The Morgan fingerprint density at radius 2 is 2.32 bits per heavy atom. The van der Waals surface area contributed by atoms with Crippen molar-refractivity contribution in [3.63, 3.8) is 0 Å². The number of hydrogen-bond acceptors (Lipinski definition) is 5. The highest BCUT2D eigenvalue weighted by atomic mass is 35.5. The molecule has 19 heavy (non-hydrogen) atoms. The predicted octanol–water partition coefficient (Wildman–Crippen LogP) is 1.20. The van der Waals surface area contributed by atoms with Gasteiger partial charge in [-0.3, -0.25) is 4.79 Å². The van der Waals surface area contributed by atoms with Crippen molar-refractivity contribution in [3.8, 4) is 0 Å². The SMILES string of the molecule is Cc1cnc(C(C)NC(=O)C2CC(O)CN2)s1.Cl.Cl. The smallest absolute Gasteiger partial charge is 0.237 e. The average Bonchev–Trinajstić information content (AvgIpc) is 2.87. The zero-order chi connectivity index (χ0) is 12.4. The topological polar surface area (TPSA) is 74.2 Å². The number of rotatable bonds is 3. The maximum Gasteiger partial charge on any atom is 0.237 e. The monoisotopic (exact) mass is 327 g/mol. The zero-order valence-electron chi connectivity index (χ0n) is 10.8. The Balaban J connectivity index is 0.00000162. The maximum atomic E-state index is 11.9. The van der Waals surface area contributed by atoms with E-state index in [0.29, 0.717) is 13.0 Å². The van der Waals surface area contributed by atoms with Crippen molar-refractivity contribution in [2.45, 2.75) is 38.5 Å². The standard InChI is InChI=1S/C11H17N3O2S.2ClH/c1-6-4-13-11(17-6)7(2)14-10(16)9-3-8(15)5-12-9;;/h4,7-9,12,15H,3,5H2,1-2H3,(H,14,16);2*1H. The summed E-state index contributed by atoms with van der Waals surface area (Å²) in [4.78, 5) is 17.3. The van der Waals surface area contributed by atoms with Crippen molar-refractivity contribution in [2.24, 2.45) is 0 Å². The lowest BCUT2D eigenvalue weighted by Crippen LogP contribution is -2.41.